The molecule has 21 nitrogen and oxygen atoms in total. The number of rotatable bonds is 24. The Balaban J connectivity index is 3.23. The molecule has 0 bridgehead atoms. The summed E-state index contributed by atoms with van der Waals surface area (Å²) in [5, 5.41) is 34.5. The zero-order chi connectivity index (χ0) is 42.7. The Bertz CT molecular complexity index is 1560. The molecule has 0 saturated heterocycles. The van der Waals surface area contributed by atoms with Crippen molar-refractivity contribution in [2.45, 2.75) is 102 Å². The number of primary amides is 1. The van der Waals surface area contributed by atoms with Crippen molar-refractivity contribution in [3.63, 3.8) is 0 Å². The molecular weight excluding hydrogens is 755 g/mol. The first-order chi connectivity index (χ1) is 26.2. The minimum Gasteiger partial charge on any atom is -0.508 e. The van der Waals surface area contributed by atoms with E-state index in [1.165, 1.54) is 38.1 Å². The van der Waals surface area contributed by atoms with Gasteiger partial charge < -0.3 is 69.8 Å². The molecule has 1 aromatic rings. The van der Waals surface area contributed by atoms with Crippen molar-refractivity contribution in [3.8, 4) is 5.75 Å². The van der Waals surface area contributed by atoms with Crippen LogP contribution in [0, 0.1) is 5.92 Å². The van der Waals surface area contributed by atoms with Gasteiger partial charge in [-0.25, -0.2) is 0 Å². The minimum absolute atomic E-state index is 0.00383. The number of thiol groups is 1. The van der Waals surface area contributed by atoms with Gasteiger partial charge in [-0.1, -0.05) is 26.0 Å². The van der Waals surface area contributed by atoms with Gasteiger partial charge >= 0.3 is 0 Å². The van der Waals surface area contributed by atoms with E-state index < -0.39 is 102 Å². The quantitative estimate of drug-likeness (QED) is 0.0154. The number of nitrogens with two attached hydrogens (primary N) is 4. The van der Waals surface area contributed by atoms with Crippen LogP contribution in [0.3, 0.4) is 0 Å². The molecule has 0 fully saturated rings. The maximum atomic E-state index is 13.7. The van der Waals surface area contributed by atoms with Gasteiger partial charge in [0.1, 0.15) is 42.2 Å². The summed E-state index contributed by atoms with van der Waals surface area (Å²) in [7, 11) is 0. The van der Waals surface area contributed by atoms with Crippen LogP contribution in [0.5, 0.6) is 5.75 Å². The summed E-state index contributed by atoms with van der Waals surface area (Å²) in [6.07, 6.45) is -1.42. The largest absolute Gasteiger partial charge is 0.508 e. The lowest BCUT2D eigenvalue weighted by atomic mass is 10.0. The number of guanidine groups is 1. The highest BCUT2D eigenvalue weighted by Gasteiger charge is 2.35. The third kappa shape index (κ3) is 17.3. The van der Waals surface area contributed by atoms with Crippen LogP contribution in [0.1, 0.15) is 52.5 Å². The summed E-state index contributed by atoms with van der Waals surface area (Å²) in [6.45, 7) is 5.80. The summed E-state index contributed by atoms with van der Waals surface area (Å²) in [5.41, 5.74) is 22.6. The SMILES string of the molecule is CC(C)[C@H](NC(=O)[C@H](CC(N)=O)NC(=O)[C@H](Cc1ccc(O)cc1)NC(=O)[C@@H](N)CCCN=C(N)N)C(=O)N[C@H](C(=O)N[C@@H](C)C(=O)N[C@H](C=O)CS)[C@@H](C)O. The van der Waals surface area contributed by atoms with E-state index in [0.29, 0.717) is 18.3 Å². The van der Waals surface area contributed by atoms with Crippen molar-refractivity contribution in [2.24, 2.45) is 33.8 Å². The Morgan fingerprint density at radius 2 is 1.32 bits per heavy atom. The Kier molecular flexibility index (Phi) is 20.9. The molecular formula is C34H55N11O10S. The fourth-order valence-corrected chi connectivity index (χ4v) is 5.10. The predicted octanol–water partition coefficient (Wildman–Crippen LogP) is -4.71. The molecule has 1 aromatic carbocycles. The van der Waals surface area contributed by atoms with E-state index in [2.05, 4.69) is 49.5 Å². The van der Waals surface area contributed by atoms with Crippen molar-refractivity contribution in [1.29, 1.82) is 0 Å². The summed E-state index contributed by atoms with van der Waals surface area (Å²) < 4.78 is 0. The number of hydrogen-bond acceptors (Lipinski definition) is 13. The van der Waals surface area contributed by atoms with E-state index in [1.807, 2.05) is 0 Å². The molecule has 0 saturated carbocycles. The zero-order valence-corrected chi connectivity index (χ0v) is 32.6. The number of nitrogens with one attached hydrogen (secondary N) is 6. The first kappa shape index (κ1) is 48.5. The van der Waals surface area contributed by atoms with Gasteiger partial charge in [0.15, 0.2) is 5.96 Å². The number of carbonyl (C=O) groups is 8. The maximum Gasteiger partial charge on any atom is 0.245 e. The number of aliphatic imine (C=N–C) groups is 1. The molecule has 1 rings (SSSR count). The third-order valence-corrected chi connectivity index (χ3v) is 8.50. The number of hydrogen-bond donors (Lipinski definition) is 13. The average Bonchev–Trinajstić information content (AvgIpc) is 3.12. The number of phenols is 1. The molecule has 7 amide bonds. The van der Waals surface area contributed by atoms with E-state index in [1.54, 1.807) is 13.8 Å². The van der Waals surface area contributed by atoms with Gasteiger partial charge in [-0.05, 0) is 50.3 Å². The second-order valence-electron chi connectivity index (χ2n) is 13.3. The predicted molar refractivity (Wildman–Crippen MR) is 207 cm³/mol. The molecule has 22 heteroatoms. The van der Waals surface area contributed by atoms with Crippen LogP contribution < -0.4 is 54.8 Å². The molecule has 56 heavy (non-hydrogen) atoms. The molecule has 16 N–H and O–H groups in total. The molecule has 0 unspecified atom stereocenters. The first-order valence-corrected chi connectivity index (χ1v) is 18.3. The van der Waals surface area contributed by atoms with Crippen LogP contribution >= 0.6 is 12.6 Å². The van der Waals surface area contributed by atoms with Crippen LogP contribution in [-0.2, 0) is 44.8 Å². The van der Waals surface area contributed by atoms with E-state index >= 15 is 0 Å². The van der Waals surface area contributed by atoms with Gasteiger partial charge in [0, 0.05) is 18.7 Å². The highest BCUT2D eigenvalue weighted by Crippen LogP contribution is 2.13. The van der Waals surface area contributed by atoms with Crippen LogP contribution in [0.4, 0.5) is 0 Å². The number of aldehydes is 1. The van der Waals surface area contributed by atoms with Crippen molar-refractivity contribution in [3.05, 3.63) is 29.8 Å². The lowest BCUT2D eigenvalue weighted by molar-refractivity contribution is -0.137. The second kappa shape index (κ2) is 24.1. The van der Waals surface area contributed by atoms with Crippen LogP contribution in [-0.4, -0.2) is 125 Å². The number of aliphatic hydroxyl groups is 1. The summed E-state index contributed by atoms with van der Waals surface area (Å²) in [5.74, 6) is -7.19. The number of carbonyl (C=O) groups excluding carboxylic acids is 8. The fourth-order valence-electron chi connectivity index (χ4n) is 4.93. The first-order valence-electron chi connectivity index (χ1n) is 17.6. The van der Waals surface area contributed by atoms with Crippen LogP contribution in [0.15, 0.2) is 29.3 Å². The Morgan fingerprint density at radius 1 is 0.768 bits per heavy atom. The van der Waals surface area contributed by atoms with Gasteiger partial charge in [0.25, 0.3) is 0 Å². The van der Waals surface area contributed by atoms with Gasteiger partial charge in [0.2, 0.25) is 41.4 Å². The fraction of sp³-hybridized carbons (Fsp3) is 0.559. The number of benzene rings is 1. The summed E-state index contributed by atoms with van der Waals surface area (Å²) in [6, 6.07) is -3.53. The number of phenolic OH excluding ortho intramolecular Hbond substituents is 1. The van der Waals surface area contributed by atoms with Crippen molar-refractivity contribution < 1.29 is 48.6 Å². The molecule has 0 spiro atoms. The Hall–Kier alpha value is -5.48. The molecule has 0 aliphatic heterocycles. The lowest BCUT2D eigenvalue weighted by Gasteiger charge is -2.29. The van der Waals surface area contributed by atoms with E-state index in [0.717, 1.165) is 0 Å². The summed E-state index contributed by atoms with van der Waals surface area (Å²) in [4.78, 5) is 106. The number of aromatic hydroxyl groups is 1. The Labute approximate surface area is 329 Å². The highest BCUT2D eigenvalue weighted by atomic mass is 32.1. The van der Waals surface area contributed by atoms with Crippen molar-refractivity contribution >= 4 is 66.2 Å². The van der Waals surface area contributed by atoms with E-state index in [4.69, 9.17) is 22.9 Å². The van der Waals surface area contributed by atoms with Gasteiger partial charge in [0.05, 0.1) is 24.6 Å². The monoisotopic (exact) mass is 809 g/mol. The van der Waals surface area contributed by atoms with Crippen LogP contribution in [0.25, 0.3) is 0 Å². The molecule has 0 aromatic heterocycles. The topological polar surface area (TPSA) is 366 Å². The van der Waals surface area contributed by atoms with Crippen LogP contribution in [0.2, 0.25) is 0 Å². The smallest absolute Gasteiger partial charge is 0.245 e. The van der Waals surface area contributed by atoms with Gasteiger partial charge in [-0.2, -0.15) is 12.6 Å². The van der Waals surface area contributed by atoms with Crippen molar-refractivity contribution in [2.75, 3.05) is 12.3 Å². The third-order valence-electron chi connectivity index (χ3n) is 8.10. The molecule has 8 atom stereocenters. The standard InChI is InChI=1S/C34H55N11O10S/c1-16(2)26(32(54)45-27(18(4)47)33(55)40-17(3)28(50)41-20(14-46)15-56)44-31(53)24(13-25(36)49)43-30(52)23(12-19-7-9-21(48)10-8-19)42-29(51)22(35)6-5-11-39-34(37)38/h7-10,14,16-18,20,22-24,26-27,47-48,56H,5-6,11-13,15,35H2,1-4H3,(H2,36,49)(H,40,55)(H,41,50)(H,42,51)(H,43,52)(H,44,53)(H,45,54)(H4,37,38,39)/t17-,18+,20+,22-,23-,24-,26-,27-/m0/s1. The highest BCUT2D eigenvalue weighted by molar-refractivity contribution is 7.80. The lowest BCUT2D eigenvalue weighted by Crippen LogP contribution is -2.62. The normalized spacial score (nSPS) is 15.2. The number of amides is 7. The molecule has 0 aliphatic rings. The molecule has 0 heterocycles. The second-order valence-corrected chi connectivity index (χ2v) is 13.7. The summed E-state index contributed by atoms with van der Waals surface area (Å²) >= 11 is 3.95. The minimum atomic E-state index is -1.66. The van der Waals surface area contributed by atoms with Crippen molar-refractivity contribution in [1.82, 2.24) is 31.9 Å². The van der Waals surface area contributed by atoms with E-state index in [-0.39, 0.29) is 36.8 Å². The maximum absolute atomic E-state index is 13.7. The van der Waals surface area contributed by atoms with Gasteiger partial charge in [-0.15, -0.1) is 0 Å². The Morgan fingerprint density at radius 3 is 1.84 bits per heavy atom. The molecule has 0 radical (unpaired) electrons. The average molecular weight is 810 g/mol. The van der Waals surface area contributed by atoms with E-state index in [9.17, 15) is 48.6 Å². The van der Waals surface area contributed by atoms with Gasteiger partial charge in [-0.3, -0.25) is 38.6 Å². The number of aliphatic hydroxyl groups excluding tert-OH is 1. The molecule has 312 valence electrons. The number of nitrogens with zero attached hydrogens (tertiary/aromatic N) is 1. The zero-order valence-electron chi connectivity index (χ0n) is 31.7. The molecule has 0 aliphatic carbocycles.